The van der Waals surface area contributed by atoms with Crippen LogP contribution in [0.2, 0.25) is 0 Å². The molecule has 2 aromatic rings. The van der Waals surface area contributed by atoms with Gasteiger partial charge in [0.25, 0.3) is 0 Å². The lowest BCUT2D eigenvalue weighted by Gasteiger charge is -2.24. The highest BCUT2D eigenvalue weighted by Gasteiger charge is 2.45. The molecule has 1 aromatic carbocycles. The molecule has 2 aliphatic rings. The number of aromatic nitrogens is 2. The predicted octanol–water partition coefficient (Wildman–Crippen LogP) is 4.80. The van der Waals surface area contributed by atoms with Crippen LogP contribution >= 0.6 is 0 Å². The Morgan fingerprint density at radius 3 is 2.74 bits per heavy atom. The number of rotatable bonds is 8. The number of hydrogen-bond donors (Lipinski definition) is 1. The van der Waals surface area contributed by atoms with E-state index in [1.54, 1.807) is 29.3 Å². The van der Waals surface area contributed by atoms with Crippen LogP contribution in [0.15, 0.2) is 30.5 Å². The Bertz CT molecular complexity index is 964. The number of carbonyl (C=O) groups is 1. The lowest BCUT2D eigenvalue weighted by Crippen LogP contribution is -2.37. The fraction of sp³-hybridized carbons (Fsp3) is 0.522. The number of ether oxygens (including phenoxy) is 2. The number of halogens is 1. The molecule has 0 radical (unpaired) electrons. The van der Waals surface area contributed by atoms with E-state index in [2.05, 4.69) is 15.3 Å². The van der Waals surface area contributed by atoms with E-state index < -0.39 is 6.09 Å². The Kier molecular flexibility index (Phi) is 5.83. The van der Waals surface area contributed by atoms with Gasteiger partial charge in [0.15, 0.2) is 0 Å². The van der Waals surface area contributed by atoms with Crippen LogP contribution in [0.1, 0.15) is 57.7 Å². The van der Waals surface area contributed by atoms with Crippen molar-refractivity contribution in [3.8, 4) is 0 Å². The van der Waals surface area contributed by atoms with Crippen LogP contribution in [0.5, 0.6) is 0 Å². The van der Waals surface area contributed by atoms with Crippen molar-refractivity contribution in [3.05, 3.63) is 47.4 Å². The second-order valence-corrected chi connectivity index (χ2v) is 8.53. The summed E-state index contributed by atoms with van der Waals surface area (Å²) in [5.74, 6) is 0.719. The molecule has 0 spiro atoms. The van der Waals surface area contributed by atoms with Gasteiger partial charge in [-0.3, -0.25) is 4.90 Å². The molecular formula is C23H29FN4O3. The molecule has 1 N–H and O–H groups in total. The van der Waals surface area contributed by atoms with Gasteiger partial charge in [0.2, 0.25) is 5.95 Å². The van der Waals surface area contributed by atoms with E-state index in [-0.39, 0.29) is 29.4 Å². The highest BCUT2D eigenvalue weighted by Crippen LogP contribution is 2.49. The smallest absolute Gasteiger partial charge is 0.415 e. The van der Waals surface area contributed by atoms with E-state index in [0.717, 1.165) is 18.4 Å². The molecule has 2 atom stereocenters. The average molecular weight is 429 g/mol. The van der Waals surface area contributed by atoms with E-state index in [1.165, 1.54) is 0 Å². The van der Waals surface area contributed by atoms with Crippen molar-refractivity contribution in [1.82, 2.24) is 9.97 Å². The minimum Gasteiger partial charge on any atom is -0.447 e. The Morgan fingerprint density at radius 2 is 2.10 bits per heavy atom. The minimum atomic E-state index is -0.415. The van der Waals surface area contributed by atoms with Crippen LogP contribution < -0.4 is 10.2 Å². The summed E-state index contributed by atoms with van der Waals surface area (Å²) in [5.41, 5.74) is 1.08. The van der Waals surface area contributed by atoms with Gasteiger partial charge in [-0.15, -0.1) is 0 Å². The second-order valence-electron chi connectivity index (χ2n) is 8.53. The van der Waals surface area contributed by atoms with Crippen molar-refractivity contribution in [2.45, 2.75) is 58.2 Å². The number of benzene rings is 1. The predicted molar refractivity (Wildman–Crippen MR) is 115 cm³/mol. The number of hydrogen-bond acceptors (Lipinski definition) is 6. The van der Waals surface area contributed by atoms with E-state index in [0.29, 0.717) is 30.5 Å². The molecule has 2 fully saturated rings. The maximum absolute atomic E-state index is 14.9. The van der Waals surface area contributed by atoms with E-state index in [1.807, 2.05) is 33.8 Å². The van der Waals surface area contributed by atoms with Gasteiger partial charge < -0.3 is 14.8 Å². The number of cyclic esters (lactones) is 1. The molecule has 166 valence electrons. The molecule has 4 rings (SSSR count). The van der Waals surface area contributed by atoms with Crippen molar-refractivity contribution < 1.29 is 18.7 Å². The number of nitrogens with zero attached hydrogens (tertiary/aromatic N) is 3. The molecule has 8 heteroatoms. The van der Waals surface area contributed by atoms with E-state index in [9.17, 15) is 9.18 Å². The van der Waals surface area contributed by atoms with Crippen LogP contribution in [0, 0.1) is 11.7 Å². The SMILES string of the molecule is CCOC1(c2ccc([C@H](C)Nc3nccc(N4C(=O)OC[C@@H]4C(C)C)n3)c(F)c2)CC1. The topological polar surface area (TPSA) is 76.6 Å². The normalized spacial score (nSPS) is 20.6. The third-order valence-electron chi connectivity index (χ3n) is 6.03. The van der Waals surface area contributed by atoms with Crippen LogP contribution in [0.4, 0.5) is 21.0 Å². The van der Waals surface area contributed by atoms with Crippen LogP contribution in [-0.2, 0) is 15.1 Å². The second kappa shape index (κ2) is 8.42. The van der Waals surface area contributed by atoms with Crippen molar-refractivity contribution >= 4 is 17.9 Å². The van der Waals surface area contributed by atoms with Gasteiger partial charge in [0.1, 0.15) is 18.2 Å². The van der Waals surface area contributed by atoms with E-state index >= 15 is 0 Å². The van der Waals surface area contributed by atoms with E-state index in [4.69, 9.17) is 9.47 Å². The molecule has 1 saturated carbocycles. The zero-order chi connectivity index (χ0) is 22.2. The molecular weight excluding hydrogens is 399 g/mol. The van der Waals surface area contributed by atoms with Gasteiger partial charge in [0, 0.05) is 18.4 Å². The molecule has 0 unspecified atom stereocenters. The van der Waals surface area contributed by atoms with Crippen molar-refractivity contribution in [3.63, 3.8) is 0 Å². The molecule has 7 nitrogen and oxygen atoms in total. The van der Waals surface area contributed by atoms with Crippen molar-refractivity contribution in [1.29, 1.82) is 0 Å². The third-order valence-corrected chi connectivity index (χ3v) is 6.03. The van der Waals surface area contributed by atoms with Gasteiger partial charge in [-0.05, 0) is 50.3 Å². The monoisotopic (exact) mass is 428 g/mol. The lowest BCUT2D eigenvalue weighted by molar-refractivity contribution is 0.0393. The molecule has 1 amide bonds. The third kappa shape index (κ3) is 4.21. The molecule has 2 heterocycles. The average Bonchev–Trinajstić information content (AvgIpc) is 3.41. The lowest BCUT2D eigenvalue weighted by atomic mass is 10.0. The highest BCUT2D eigenvalue weighted by molar-refractivity contribution is 5.89. The first-order valence-electron chi connectivity index (χ1n) is 10.8. The first-order valence-corrected chi connectivity index (χ1v) is 10.8. The molecule has 31 heavy (non-hydrogen) atoms. The van der Waals surface area contributed by atoms with Crippen LogP contribution in [0.25, 0.3) is 0 Å². The van der Waals surface area contributed by atoms with Crippen molar-refractivity contribution in [2.24, 2.45) is 5.92 Å². The number of nitrogens with one attached hydrogen (secondary N) is 1. The van der Waals surface area contributed by atoms with Crippen LogP contribution in [-0.4, -0.2) is 35.3 Å². The largest absolute Gasteiger partial charge is 0.447 e. The quantitative estimate of drug-likeness (QED) is 0.651. The maximum Gasteiger partial charge on any atom is 0.415 e. The van der Waals surface area contributed by atoms with Gasteiger partial charge in [-0.2, -0.15) is 4.98 Å². The summed E-state index contributed by atoms with van der Waals surface area (Å²) < 4.78 is 25.9. The summed E-state index contributed by atoms with van der Waals surface area (Å²) in [6, 6.07) is 6.52. The standard InChI is InChI=1S/C23H29FN4O3/c1-5-31-23(9-10-23)16-6-7-17(18(24)12-16)15(4)26-21-25-11-8-20(27-21)28-19(14(2)3)13-30-22(28)29/h6-8,11-12,14-15,19H,5,9-10,13H2,1-4H3,(H,25,26,27)/t15-,19+/m0/s1. The zero-order valence-electron chi connectivity index (χ0n) is 18.4. The Balaban J connectivity index is 1.51. The Labute approximate surface area is 182 Å². The first-order chi connectivity index (χ1) is 14.8. The number of anilines is 2. The maximum atomic E-state index is 14.9. The molecule has 0 bridgehead atoms. The minimum absolute atomic E-state index is 0.0854. The van der Waals surface area contributed by atoms with Gasteiger partial charge in [-0.25, -0.2) is 14.2 Å². The molecule has 1 aliphatic carbocycles. The molecule has 1 aliphatic heterocycles. The number of amides is 1. The van der Waals surface area contributed by atoms with Gasteiger partial charge in [0.05, 0.1) is 17.7 Å². The number of carbonyl (C=O) groups excluding carboxylic acids is 1. The molecule has 1 aromatic heterocycles. The van der Waals surface area contributed by atoms with Gasteiger partial charge >= 0.3 is 6.09 Å². The molecule has 1 saturated heterocycles. The van der Waals surface area contributed by atoms with Gasteiger partial charge in [-0.1, -0.05) is 26.0 Å². The summed E-state index contributed by atoms with van der Waals surface area (Å²) in [5, 5.41) is 3.15. The highest BCUT2D eigenvalue weighted by atomic mass is 19.1. The fourth-order valence-electron chi connectivity index (χ4n) is 4.08. The summed E-state index contributed by atoms with van der Waals surface area (Å²) in [7, 11) is 0. The summed E-state index contributed by atoms with van der Waals surface area (Å²) in [4.78, 5) is 22.5. The zero-order valence-corrected chi connectivity index (χ0v) is 18.4. The Morgan fingerprint density at radius 1 is 1.32 bits per heavy atom. The Hall–Kier alpha value is -2.74. The summed E-state index contributed by atoms with van der Waals surface area (Å²) >= 11 is 0. The van der Waals surface area contributed by atoms with Crippen LogP contribution in [0.3, 0.4) is 0 Å². The summed E-state index contributed by atoms with van der Waals surface area (Å²) in [6.45, 7) is 8.82. The fourth-order valence-corrected chi connectivity index (χ4v) is 4.08. The first kappa shape index (κ1) is 21.5. The summed E-state index contributed by atoms with van der Waals surface area (Å²) in [6.07, 6.45) is 3.01. The van der Waals surface area contributed by atoms with Crippen molar-refractivity contribution in [2.75, 3.05) is 23.4 Å².